The third kappa shape index (κ3) is 3.48. The van der Waals surface area contributed by atoms with Crippen LogP contribution < -0.4 is 4.74 Å². The summed E-state index contributed by atoms with van der Waals surface area (Å²) in [5, 5.41) is 1.33. The first kappa shape index (κ1) is 18.1. The van der Waals surface area contributed by atoms with Crippen LogP contribution in [0.5, 0.6) is 5.75 Å². The van der Waals surface area contributed by atoms with E-state index >= 15 is 0 Å². The van der Waals surface area contributed by atoms with Gasteiger partial charge >= 0.3 is 0 Å². The van der Waals surface area contributed by atoms with Gasteiger partial charge in [0.1, 0.15) is 0 Å². The molecule has 3 rings (SSSR count). The van der Waals surface area contributed by atoms with E-state index in [1.807, 2.05) is 4.90 Å². The van der Waals surface area contributed by atoms with Crippen LogP contribution >= 0.6 is 11.6 Å². The number of carbonyl (C=O) groups is 1. The summed E-state index contributed by atoms with van der Waals surface area (Å²) in [6.07, 6.45) is 1.02. The highest BCUT2D eigenvalue weighted by atomic mass is 35.5. The summed E-state index contributed by atoms with van der Waals surface area (Å²) >= 11 is 6.10. The number of rotatable bonds is 4. The smallest absolute Gasteiger partial charge is 0.289 e. The normalized spacial score (nSPS) is 19.0. The van der Waals surface area contributed by atoms with Gasteiger partial charge in [0.15, 0.2) is 17.1 Å². The van der Waals surface area contributed by atoms with Crippen molar-refractivity contribution in [1.29, 1.82) is 0 Å². The molecule has 136 valence electrons. The minimum atomic E-state index is -0.0729. The summed E-state index contributed by atoms with van der Waals surface area (Å²) < 4.78 is 11.1. The maximum absolute atomic E-state index is 12.9. The number of halogens is 1. The molecule has 25 heavy (non-hydrogen) atoms. The molecule has 0 N–H and O–H groups in total. The van der Waals surface area contributed by atoms with Crippen molar-refractivity contribution in [3.63, 3.8) is 0 Å². The molecule has 1 saturated heterocycles. The lowest BCUT2D eigenvalue weighted by Crippen LogP contribution is -2.56. The van der Waals surface area contributed by atoms with Gasteiger partial charge in [-0.15, -0.1) is 0 Å². The highest BCUT2D eigenvalue weighted by molar-refractivity contribution is 6.31. The summed E-state index contributed by atoms with van der Waals surface area (Å²) in [6, 6.07) is 6.09. The first-order chi connectivity index (χ1) is 11.9. The number of amides is 1. The monoisotopic (exact) mass is 364 g/mol. The molecule has 0 radical (unpaired) electrons. The van der Waals surface area contributed by atoms with E-state index in [0.717, 1.165) is 24.9 Å². The third-order valence-electron chi connectivity index (χ3n) is 4.93. The van der Waals surface area contributed by atoms with E-state index in [2.05, 4.69) is 25.7 Å². The van der Waals surface area contributed by atoms with Crippen molar-refractivity contribution in [3.8, 4) is 5.75 Å². The van der Waals surface area contributed by atoms with Crippen LogP contribution in [0.15, 0.2) is 22.6 Å². The van der Waals surface area contributed by atoms with E-state index in [1.165, 1.54) is 0 Å². The average molecular weight is 365 g/mol. The largest absolute Gasteiger partial charge is 0.493 e. The Labute approximate surface area is 153 Å². The molecule has 2 aromatic rings. The van der Waals surface area contributed by atoms with Gasteiger partial charge in [0.2, 0.25) is 0 Å². The molecule has 1 aromatic carbocycles. The van der Waals surface area contributed by atoms with Crippen LogP contribution in [0.4, 0.5) is 0 Å². The highest BCUT2D eigenvalue weighted by Gasteiger charge is 2.31. The van der Waals surface area contributed by atoms with Gasteiger partial charge < -0.3 is 14.1 Å². The minimum absolute atomic E-state index is 0.0729. The summed E-state index contributed by atoms with van der Waals surface area (Å²) in [7, 11) is 1.56. The summed E-state index contributed by atoms with van der Waals surface area (Å²) in [5.74, 6) is 0.803. The molecule has 1 fully saturated rings. The molecule has 1 aliphatic rings. The van der Waals surface area contributed by atoms with Gasteiger partial charge in [0, 0.05) is 48.2 Å². The van der Waals surface area contributed by atoms with E-state index in [-0.39, 0.29) is 5.91 Å². The summed E-state index contributed by atoms with van der Waals surface area (Å²) in [4.78, 5) is 17.3. The maximum Gasteiger partial charge on any atom is 0.289 e. The standard InChI is InChI=1S/C19H25ClN2O3/c1-5-15-11-21(6-7-22(15)12(2)3)19(23)17-9-13-8-14(20)10-16(24-4)18(13)25-17/h8-10,12,15H,5-7,11H2,1-4H3/t15-/m1/s1. The first-order valence-electron chi connectivity index (χ1n) is 8.76. The Morgan fingerprint density at radius 2 is 2.12 bits per heavy atom. The topological polar surface area (TPSA) is 45.9 Å². The molecular weight excluding hydrogens is 340 g/mol. The number of methoxy groups -OCH3 is 1. The lowest BCUT2D eigenvalue weighted by Gasteiger charge is -2.43. The second-order valence-electron chi connectivity index (χ2n) is 6.78. The molecule has 1 atom stereocenters. The number of hydrogen-bond acceptors (Lipinski definition) is 4. The molecule has 1 aromatic heterocycles. The molecule has 2 heterocycles. The van der Waals surface area contributed by atoms with E-state index in [4.69, 9.17) is 20.8 Å². The number of piperazine rings is 1. The quantitative estimate of drug-likeness (QED) is 0.821. The second-order valence-corrected chi connectivity index (χ2v) is 7.22. The number of hydrogen-bond donors (Lipinski definition) is 0. The minimum Gasteiger partial charge on any atom is -0.493 e. The van der Waals surface area contributed by atoms with Crippen molar-refractivity contribution in [1.82, 2.24) is 9.80 Å². The number of carbonyl (C=O) groups excluding carboxylic acids is 1. The predicted molar refractivity (Wildman–Crippen MR) is 99.6 cm³/mol. The van der Waals surface area contributed by atoms with Crippen LogP contribution in [0.1, 0.15) is 37.7 Å². The number of ether oxygens (including phenoxy) is 1. The van der Waals surface area contributed by atoms with Gasteiger partial charge in [-0.25, -0.2) is 0 Å². The number of fused-ring (bicyclic) bond motifs is 1. The van der Waals surface area contributed by atoms with Crippen LogP contribution in [-0.2, 0) is 0 Å². The van der Waals surface area contributed by atoms with Crippen LogP contribution in [0, 0.1) is 0 Å². The average Bonchev–Trinajstić information content (AvgIpc) is 3.03. The molecule has 1 amide bonds. The Morgan fingerprint density at radius 1 is 1.36 bits per heavy atom. The Hall–Kier alpha value is -1.72. The number of benzene rings is 1. The van der Waals surface area contributed by atoms with Crippen LogP contribution in [0.2, 0.25) is 5.02 Å². The van der Waals surface area contributed by atoms with Gasteiger partial charge in [-0.05, 0) is 32.4 Å². The fourth-order valence-corrected chi connectivity index (χ4v) is 3.81. The zero-order valence-corrected chi connectivity index (χ0v) is 16.0. The first-order valence-corrected chi connectivity index (χ1v) is 9.14. The zero-order chi connectivity index (χ0) is 18.1. The van der Waals surface area contributed by atoms with Crippen LogP contribution in [0.25, 0.3) is 11.0 Å². The number of nitrogens with zero attached hydrogens (tertiary/aromatic N) is 2. The molecule has 6 heteroatoms. The van der Waals surface area contributed by atoms with Crippen molar-refractivity contribution in [2.24, 2.45) is 0 Å². The lowest BCUT2D eigenvalue weighted by molar-refractivity contribution is 0.0351. The van der Waals surface area contributed by atoms with Crippen molar-refractivity contribution < 1.29 is 13.9 Å². The molecule has 0 saturated carbocycles. The SMILES string of the molecule is CC[C@@H]1CN(C(=O)c2cc3cc(Cl)cc(OC)c3o2)CCN1C(C)C. The van der Waals surface area contributed by atoms with Gasteiger partial charge in [0.05, 0.1) is 7.11 Å². The predicted octanol–water partition coefficient (Wildman–Crippen LogP) is 4.04. The second kappa shape index (κ2) is 7.26. The Balaban J connectivity index is 1.85. The zero-order valence-electron chi connectivity index (χ0n) is 15.2. The Morgan fingerprint density at radius 3 is 2.76 bits per heavy atom. The molecule has 0 spiro atoms. The molecule has 0 aliphatic carbocycles. The summed E-state index contributed by atoms with van der Waals surface area (Å²) in [6.45, 7) is 8.90. The van der Waals surface area contributed by atoms with Crippen molar-refractivity contribution in [2.75, 3.05) is 26.7 Å². The maximum atomic E-state index is 12.9. The van der Waals surface area contributed by atoms with E-state index < -0.39 is 0 Å². The van der Waals surface area contributed by atoms with Crippen molar-refractivity contribution in [3.05, 3.63) is 29.0 Å². The van der Waals surface area contributed by atoms with Crippen LogP contribution in [0.3, 0.4) is 0 Å². The highest BCUT2D eigenvalue weighted by Crippen LogP contribution is 2.33. The van der Waals surface area contributed by atoms with Crippen LogP contribution in [-0.4, -0.2) is 54.5 Å². The van der Waals surface area contributed by atoms with E-state index in [1.54, 1.807) is 25.3 Å². The summed E-state index contributed by atoms with van der Waals surface area (Å²) in [5.41, 5.74) is 0.558. The van der Waals surface area contributed by atoms with Gasteiger partial charge in [-0.1, -0.05) is 18.5 Å². The molecule has 1 aliphatic heterocycles. The van der Waals surface area contributed by atoms with E-state index in [0.29, 0.717) is 40.7 Å². The molecular formula is C19H25ClN2O3. The molecule has 0 bridgehead atoms. The molecule has 0 unspecified atom stereocenters. The van der Waals surface area contributed by atoms with E-state index in [9.17, 15) is 4.79 Å². The Kier molecular flexibility index (Phi) is 5.25. The van der Waals surface area contributed by atoms with Crippen molar-refractivity contribution >= 4 is 28.5 Å². The lowest BCUT2D eigenvalue weighted by atomic mass is 10.1. The number of furan rings is 1. The fraction of sp³-hybridized carbons (Fsp3) is 0.526. The van der Waals surface area contributed by atoms with Gasteiger partial charge in [-0.3, -0.25) is 9.69 Å². The Bertz CT molecular complexity index is 771. The molecule has 5 nitrogen and oxygen atoms in total. The van der Waals surface area contributed by atoms with Gasteiger partial charge in [-0.2, -0.15) is 0 Å². The third-order valence-corrected chi connectivity index (χ3v) is 5.15. The van der Waals surface area contributed by atoms with Crippen molar-refractivity contribution in [2.45, 2.75) is 39.3 Å². The van der Waals surface area contributed by atoms with Gasteiger partial charge in [0.25, 0.3) is 5.91 Å². The fourth-order valence-electron chi connectivity index (χ4n) is 3.60.